The van der Waals surface area contributed by atoms with Gasteiger partial charge in [0, 0.05) is 6.07 Å². The Morgan fingerprint density at radius 3 is 2.55 bits per heavy atom. The number of furan rings is 1. The van der Waals surface area contributed by atoms with Gasteiger partial charge in [-0.1, -0.05) is 11.6 Å². The summed E-state index contributed by atoms with van der Waals surface area (Å²) in [6.07, 6.45) is 0. The van der Waals surface area contributed by atoms with Gasteiger partial charge in [0.15, 0.2) is 5.76 Å². The third-order valence-electron chi connectivity index (χ3n) is 4.03. The van der Waals surface area contributed by atoms with Gasteiger partial charge in [0.1, 0.15) is 29.6 Å². The van der Waals surface area contributed by atoms with Gasteiger partial charge < -0.3 is 19.2 Å². The summed E-state index contributed by atoms with van der Waals surface area (Å²) in [7, 11) is 1.37. The van der Waals surface area contributed by atoms with E-state index in [1.54, 1.807) is 0 Å². The van der Waals surface area contributed by atoms with Crippen molar-refractivity contribution in [3.05, 3.63) is 85.3 Å². The quantitative estimate of drug-likeness (QED) is 0.389. The van der Waals surface area contributed by atoms with Crippen molar-refractivity contribution in [2.75, 3.05) is 12.4 Å². The van der Waals surface area contributed by atoms with E-state index in [-0.39, 0.29) is 51.7 Å². The van der Waals surface area contributed by atoms with Crippen molar-refractivity contribution in [3.8, 4) is 11.5 Å². The van der Waals surface area contributed by atoms with Crippen molar-refractivity contribution in [1.29, 1.82) is 0 Å². The zero-order chi connectivity index (χ0) is 22.5. The minimum absolute atomic E-state index is 0.0339. The predicted octanol–water partition coefficient (Wildman–Crippen LogP) is 4.59. The first-order valence-corrected chi connectivity index (χ1v) is 8.95. The maximum atomic E-state index is 12.4. The molecule has 31 heavy (non-hydrogen) atoms. The Bertz CT molecular complexity index is 1160. The number of carbonyl (C=O) groups is 1. The summed E-state index contributed by atoms with van der Waals surface area (Å²) >= 11 is 5.97. The highest BCUT2D eigenvalue weighted by Crippen LogP contribution is 2.31. The first-order chi connectivity index (χ1) is 14.8. The second kappa shape index (κ2) is 9.13. The number of nitro groups is 2. The molecule has 3 rings (SSSR count). The fourth-order valence-corrected chi connectivity index (χ4v) is 2.69. The Kier molecular flexibility index (Phi) is 6.36. The number of rotatable bonds is 8. The molecule has 2 aromatic carbocycles. The molecule has 1 heterocycles. The van der Waals surface area contributed by atoms with Crippen molar-refractivity contribution >= 4 is 34.6 Å². The van der Waals surface area contributed by atoms with Crippen LogP contribution >= 0.6 is 11.6 Å². The number of non-ortho nitro benzene ring substituents is 1. The fraction of sp³-hybridized carbons (Fsp3) is 0.105. The molecule has 11 nitrogen and oxygen atoms in total. The number of halogens is 1. The Hall–Kier alpha value is -4.12. The van der Waals surface area contributed by atoms with Crippen molar-refractivity contribution in [3.63, 3.8) is 0 Å². The molecule has 0 saturated heterocycles. The Balaban J connectivity index is 1.70. The molecule has 0 aliphatic heterocycles. The Morgan fingerprint density at radius 2 is 1.87 bits per heavy atom. The molecule has 0 saturated carbocycles. The summed E-state index contributed by atoms with van der Waals surface area (Å²) < 4.78 is 15.8. The number of hydrogen-bond donors (Lipinski definition) is 1. The van der Waals surface area contributed by atoms with E-state index in [4.69, 9.17) is 25.5 Å². The molecule has 0 aliphatic rings. The van der Waals surface area contributed by atoms with Crippen LogP contribution in [0.3, 0.4) is 0 Å². The largest absolute Gasteiger partial charge is 0.496 e. The van der Waals surface area contributed by atoms with Gasteiger partial charge in [-0.15, -0.1) is 0 Å². The van der Waals surface area contributed by atoms with Crippen LogP contribution in [0.25, 0.3) is 0 Å². The molecule has 160 valence electrons. The van der Waals surface area contributed by atoms with E-state index in [1.165, 1.54) is 55.6 Å². The summed E-state index contributed by atoms with van der Waals surface area (Å²) in [5.74, 6) is -0.257. The Morgan fingerprint density at radius 1 is 1.10 bits per heavy atom. The molecule has 12 heteroatoms. The molecule has 3 aromatic rings. The number of nitrogens with zero attached hydrogens (tertiary/aromatic N) is 2. The first kappa shape index (κ1) is 21.6. The summed E-state index contributed by atoms with van der Waals surface area (Å²) in [6.45, 7) is -0.156. The van der Waals surface area contributed by atoms with Gasteiger partial charge in [0.2, 0.25) is 0 Å². The van der Waals surface area contributed by atoms with Gasteiger partial charge >= 0.3 is 0 Å². The lowest BCUT2D eigenvalue weighted by molar-refractivity contribution is -0.385. The number of amides is 1. The number of anilines is 1. The molecular weight excluding hydrogens is 434 g/mol. The fourth-order valence-electron chi connectivity index (χ4n) is 2.52. The maximum absolute atomic E-state index is 12.4. The number of nitro benzene ring substituents is 2. The van der Waals surface area contributed by atoms with Crippen LogP contribution in [0.15, 0.2) is 52.9 Å². The van der Waals surface area contributed by atoms with Crippen molar-refractivity contribution in [1.82, 2.24) is 0 Å². The summed E-state index contributed by atoms with van der Waals surface area (Å²) in [6, 6.07) is 10.5. The van der Waals surface area contributed by atoms with Crippen molar-refractivity contribution in [2.45, 2.75) is 6.61 Å². The van der Waals surface area contributed by atoms with Crippen LogP contribution in [0.4, 0.5) is 17.1 Å². The van der Waals surface area contributed by atoms with Gasteiger partial charge in [0.25, 0.3) is 17.3 Å². The van der Waals surface area contributed by atoms with E-state index >= 15 is 0 Å². The SMILES string of the molecule is COc1ccc(NC(=O)c2ccc(COc3cc([N+](=O)[O-])ccc3Cl)o2)c([N+](=O)[O-])c1. The number of methoxy groups -OCH3 is 1. The van der Waals surface area contributed by atoms with E-state index in [0.29, 0.717) is 0 Å². The molecule has 0 radical (unpaired) electrons. The topological polar surface area (TPSA) is 147 Å². The minimum atomic E-state index is -0.715. The normalized spacial score (nSPS) is 10.4. The molecule has 1 aromatic heterocycles. The molecule has 0 fully saturated rings. The number of ether oxygens (including phenoxy) is 2. The van der Waals surface area contributed by atoms with E-state index < -0.39 is 15.8 Å². The molecule has 0 spiro atoms. The summed E-state index contributed by atoms with van der Waals surface area (Å²) in [5, 5.41) is 24.7. The lowest BCUT2D eigenvalue weighted by Gasteiger charge is -2.07. The predicted molar refractivity (Wildman–Crippen MR) is 109 cm³/mol. The van der Waals surface area contributed by atoms with Gasteiger partial charge in [0.05, 0.1) is 34.1 Å². The molecule has 1 N–H and O–H groups in total. The zero-order valence-corrected chi connectivity index (χ0v) is 16.6. The second-order valence-electron chi connectivity index (χ2n) is 6.02. The highest BCUT2D eigenvalue weighted by molar-refractivity contribution is 6.32. The average Bonchev–Trinajstić information content (AvgIpc) is 3.22. The number of nitrogens with one attached hydrogen (secondary N) is 1. The van der Waals surface area contributed by atoms with Gasteiger partial charge in [-0.2, -0.15) is 0 Å². The van der Waals surface area contributed by atoms with E-state index in [9.17, 15) is 25.0 Å². The second-order valence-corrected chi connectivity index (χ2v) is 6.43. The Labute approximate surface area is 179 Å². The van der Waals surface area contributed by atoms with Crippen molar-refractivity contribution in [2.24, 2.45) is 0 Å². The lowest BCUT2D eigenvalue weighted by atomic mass is 10.2. The number of benzene rings is 2. The smallest absolute Gasteiger partial charge is 0.296 e. The summed E-state index contributed by atoms with van der Waals surface area (Å²) in [4.78, 5) is 33.3. The average molecular weight is 448 g/mol. The zero-order valence-electron chi connectivity index (χ0n) is 15.9. The molecule has 0 aliphatic carbocycles. The molecule has 0 unspecified atom stereocenters. The van der Waals surface area contributed by atoms with Crippen LogP contribution in [-0.4, -0.2) is 22.9 Å². The van der Waals surface area contributed by atoms with Crippen LogP contribution in [0, 0.1) is 20.2 Å². The molecule has 1 amide bonds. The standard InChI is InChI=1S/C19H14ClN3O8/c1-29-12-3-6-15(16(9-12)23(27)28)21-19(24)17-7-4-13(31-17)10-30-18-8-11(22(25)26)2-5-14(18)20/h2-9H,10H2,1H3,(H,21,24). The highest BCUT2D eigenvalue weighted by atomic mass is 35.5. The lowest BCUT2D eigenvalue weighted by Crippen LogP contribution is -2.12. The summed E-state index contributed by atoms with van der Waals surface area (Å²) in [5.41, 5.74) is -0.573. The van der Waals surface area contributed by atoms with Crippen LogP contribution in [0.2, 0.25) is 5.02 Å². The molecule has 0 bridgehead atoms. The molecule has 0 atom stereocenters. The highest BCUT2D eigenvalue weighted by Gasteiger charge is 2.20. The van der Waals surface area contributed by atoms with Gasteiger partial charge in [-0.3, -0.25) is 25.0 Å². The van der Waals surface area contributed by atoms with Gasteiger partial charge in [-0.25, -0.2) is 0 Å². The minimum Gasteiger partial charge on any atom is -0.496 e. The van der Waals surface area contributed by atoms with Gasteiger partial charge in [-0.05, 0) is 30.3 Å². The van der Waals surface area contributed by atoms with Crippen molar-refractivity contribution < 1.29 is 28.5 Å². The maximum Gasteiger partial charge on any atom is 0.296 e. The number of hydrogen-bond acceptors (Lipinski definition) is 8. The third kappa shape index (κ3) is 5.08. The van der Waals surface area contributed by atoms with E-state index in [2.05, 4.69) is 5.32 Å². The third-order valence-corrected chi connectivity index (χ3v) is 4.34. The molecular formula is C19H14ClN3O8. The monoisotopic (exact) mass is 447 g/mol. The van der Waals surface area contributed by atoms with Crippen LogP contribution in [0.1, 0.15) is 16.3 Å². The van der Waals surface area contributed by atoms with Crippen LogP contribution in [0.5, 0.6) is 11.5 Å². The number of carbonyl (C=O) groups excluding carboxylic acids is 1. The van der Waals surface area contributed by atoms with Crippen LogP contribution in [-0.2, 0) is 6.61 Å². The van der Waals surface area contributed by atoms with E-state index in [1.807, 2.05) is 0 Å². The van der Waals surface area contributed by atoms with Crippen LogP contribution < -0.4 is 14.8 Å². The first-order valence-electron chi connectivity index (χ1n) is 8.57. The van der Waals surface area contributed by atoms with E-state index in [0.717, 1.165) is 0 Å².